The lowest BCUT2D eigenvalue weighted by Gasteiger charge is -2.09. The highest BCUT2D eigenvalue weighted by molar-refractivity contribution is 7.16. The number of rotatable bonds is 6. The van der Waals surface area contributed by atoms with Crippen molar-refractivity contribution in [2.75, 3.05) is 6.61 Å². The van der Waals surface area contributed by atoms with Crippen LogP contribution in [0.4, 0.5) is 0 Å². The molecule has 0 radical (unpaired) electrons. The average molecular weight is 439 g/mol. The minimum absolute atomic E-state index is 0.283. The molecule has 0 atom stereocenters. The SMILES string of the molecule is CCOC(=O)c1ccc(-c2ccc(C=C(c3ccc(C)cc3)c3ccc(C)cc3)s2)cc1. The number of aryl methyl sites for hydroxylation is 2. The fourth-order valence-electron chi connectivity index (χ4n) is 3.51. The molecule has 4 rings (SSSR count). The highest BCUT2D eigenvalue weighted by Gasteiger charge is 2.10. The third kappa shape index (κ3) is 5.06. The van der Waals surface area contributed by atoms with Crippen molar-refractivity contribution in [2.24, 2.45) is 0 Å². The summed E-state index contributed by atoms with van der Waals surface area (Å²) in [4.78, 5) is 14.3. The van der Waals surface area contributed by atoms with Gasteiger partial charge in [0, 0.05) is 9.75 Å². The van der Waals surface area contributed by atoms with E-state index in [4.69, 9.17) is 4.74 Å². The zero-order valence-electron chi connectivity index (χ0n) is 18.6. The maximum atomic E-state index is 11.9. The van der Waals surface area contributed by atoms with Gasteiger partial charge < -0.3 is 4.74 Å². The first-order valence-electron chi connectivity index (χ1n) is 10.8. The first kappa shape index (κ1) is 21.8. The largest absolute Gasteiger partial charge is 0.462 e. The summed E-state index contributed by atoms with van der Waals surface area (Å²) >= 11 is 1.74. The average Bonchev–Trinajstić information content (AvgIpc) is 3.28. The Morgan fingerprint density at radius 3 is 1.81 bits per heavy atom. The van der Waals surface area contributed by atoms with Gasteiger partial charge in [-0.3, -0.25) is 0 Å². The summed E-state index contributed by atoms with van der Waals surface area (Å²) < 4.78 is 5.08. The van der Waals surface area contributed by atoms with Crippen LogP contribution in [-0.4, -0.2) is 12.6 Å². The summed E-state index contributed by atoms with van der Waals surface area (Å²) in [5.74, 6) is -0.283. The Morgan fingerprint density at radius 1 is 0.750 bits per heavy atom. The van der Waals surface area contributed by atoms with E-state index in [1.165, 1.54) is 37.6 Å². The van der Waals surface area contributed by atoms with Gasteiger partial charge in [0.25, 0.3) is 0 Å². The first-order chi connectivity index (χ1) is 15.5. The number of carbonyl (C=O) groups excluding carboxylic acids is 1. The Hall–Kier alpha value is -3.43. The molecule has 3 heteroatoms. The second-order valence-corrected chi connectivity index (χ2v) is 8.91. The van der Waals surface area contributed by atoms with Gasteiger partial charge in [-0.15, -0.1) is 11.3 Å². The molecule has 0 bridgehead atoms. The number of benzene rings is 3. The van der Waals surface area contributed by atoms with Crippen LogP contribution in [0.1, 0.15) is 44.4 Å². The van der Waals surface area contributed by atoms with E-state index < -0.39 is 0 Å². The van der Waals surface area contributed by atoms with Crippen molar-refractivity contribution in [2.45, 2.75) is 20.8 Å². The lowest BCUT2D eigenvalue weighted by Crippen LogP contribution is -2.03. The molecular formula is C29H26O2S. The second-order valence-electron chi connectivity index (χ2n) is 7.79. The number of ether oxygens (including phenoxy) is 1. The van der Waals surface area contributed by atoms with E-state index in [0.29, 0.717) is 12.2 Å². The normalized spacial score (nSPS) is 10.6. The van der Waals surface area contributed by atoms with Gasteiger partial charge in [0.1, 0.15) is 0 Å². The summed E-state index contributed by atoms with van der Waals surface area (Å²) in [5.41, 5.74) is 7.78. The van der Waals surface area contributed by atoms with Gasteiger partial charge in [-0.05, 0) is 73.4 Å². The summed E-state index contributed by atoms with van der Waals surface area (Å²) in [6, 6.07) is 29.3. The van der Waals surface area contributed by atoms with Crippen molar-refractivity contribution in [3.05, 3.63) is 118 Å². The van der Waals surface area contributed by atoms with Crippen LogP contribution in [-0.2, 0) is 4.74 Å². The van der Waals surface area contributed by atoms with Gasteiger partial charge in [0.15, 0.2) is 0 Å². The molecule has 1 heterocycles. The molecule has 3 aromatic carbocycles. The van der Waals surface area contributed by atoms with Crippen LogP contribution in [0.2, 0.25) is 0 Å². The Kier molecular flexibility index (Phi) is 6.67. The van der Waals surface area contributed by atoms with Crippen molar-refractivity contribution in [3.63, 3.8) is 0 Å². The molecule has 32 heavy (non-hydrogen) atoms. The topological polar surface area (TPSA) is 26.3 Å². The van der Waals surface area contributed by atoms with E-state index in [2.05, 4.69) is 80.6 Å². The van der Waals surface area contributed by atoms with Gasteiger partial charge in [-0.2, -0.15) is 0 Å². The first-order valence-corrected chi connectivity index (χ1v) is 11.6. The van der Waals surface area contributed by atoms with Crippen molar-refractivity contribution in [1.82, 2.24) is 0 Å². The smallest absolute Gasteiger partial charge is 0.338 e. The quantitative estimate of drug-likeness (QED) is 0.287. The fourth-order valence-corrected chi connectivity index (χ4v) is 4.47. The number of carbonyl (C=O) groups is 1. The third-order valence-corrected chi connectivity index (χ3v) is 6.40. The summed E-state index contributed by atoms with van der Waals surface area (Å²) in [6.07, 6.45) is 2.26. The molecule has 0 amide bonds. The van der Waals surface area contributed by atoms with Crippen LogP contribution in [0.15, 0.2) is 84.9 Å². The van der Waals surface area contributed by atoms with Gasteiger partial charge in [0.05, 0.1) is 12.2 Å². The molecule has 0 fully saturated rings. The molecule has 0 N–H and O–H groups in total. The number of esters is 1. The summed E-state index contributed by atoms with van der Waals surface area (Å²) in [7, 11) is 0. The highest BCUT2D eigenvalue weighted by atomic mass is 32.1. The Bertz CT molecular complexity index is 1180. The minimum atomic E-state index is -0.283. The molecule has 1 aromatic heterocycles. The van der Waals surface area contributed by atoms with E-state index in [1.807, 2.05) is 31.2 Å². The van der Waals surface area contributed by atoms with Crippen molar-refractivity contribution < 1.29 is 9.53 Å². The molecule has 0 spiro atoms. The van der Waals surface area contributed by atoms with Crippen molar-refractivity contribution >= 4 is 29.0 Å². The Morgan fingerprint density at radius 2 is 1.28 bits per heavy atom. The maximum Gasteiger partial charge on any atom is 0.338 e. The molecule has 0 aliphatic carbocycles. The van der Waals surface area contributed by atoms with Crippen LogP contribution in [0, 0.1) is 13.8 Å². The Balaban J connectivity index is 1.67. The Labute approximate surface area is 193 Å². The van der Waals surface area contributed by atoms with Gasteiger partial charge in [-0.1, -0.05) is 71.8 Å². The van der Waals surface area contributed by atoms with E-state index in [9.17, 15) is 4.79 Å². The predicted molar refractivity (Wildman–Crippen MR) is 135 cm³/mol. The van der Waals surface area contributed by atoms with E-state index >= 15 is 0 Å². The number of hydrogen-bond donors (Lipinski definition) is 0. The van der Waals surface area contributed by atoms with E-state index in [0.717, 1.165) is 5.56 Å². The molecule has 0 unspecified atom stereocenters. The molecular weight excluding hydrogens is 412 g/mol. The van der Waals surface area contributed by atoms with Gasteiger partial charge in [0.2, 0.25) is 0 Å². The van der Waals surface area contributed by atoms with Crippen LogP contribution in [0.25, 0.3) is 22.1 Å². The third-order valence-electron chi connectivity index (χ3n) is 5.32. The zero-order valence-corrected chi connectivity index (χ0v) is 19.4. The minimum Gasteiger partial charge on any atom is -0.462 e. The molecule has 2 nitrogen and oxygen atoms in total. The highest BCUT2D eigenvalue weighted by Crippen LogP contribution is 2.33. The molecule has 160 valence electrons. The van der Waals surface area contributed by atoms with E-state index in [-0.39, 0.29) is 5.97 Å². The van der Waals surface area contributed by atoms with Crippen LogP contribution in [0.5, 0.6) is 0 Å². The van der Waals surface area contributed by atoms with Crippen LogP contribution in [0.3, 0.4) is 0 Å². The molecule has 0 aliphatic rings. The number of thiophene rings is 1. The number of hydrogen-bond acceptors (Lipinski definition) is 3. The summed E-state index contributed by atoms with van der Waals surface area (Å²) in [6.45, 7) is 6.41. The van der Waals surface area contributed by atoms with Crippen molar-refractivity contribution in [3.8, 4) is 10.4 Å². The summed E-state index contributed by atoms with van der Waals surface area (Å²) in [5, 5.41) is 0. The molecule has 4 aromatic rings. The lowest BCUT2D eigenvalue weighted by atomic mass is 9.96. The molecule has 0 saturated heterocycles. The zero-order chi connectivity index (χ0) is 22.5. The second kappa shape index (κ2) is 9.80. The standard InChI is InChI=1S/C29H26O2S/c1-4-31-29(30)25-15-13-24(14-16-25)28-18-17-26(32-28)19-27(22-9-5-20(2)6-10-22)23-11-7-21(3)8-12-23/h5-19H,4H2,1-3H3. The lowest BCUT2D eigenvalue weighted by molar-refractivity contribution is 0.0526. The van der Waals surface area contributed by atoms with Crippen molar-refractivity contribution in [1.29, 1.82) is 0 Å². The molecule has 0 aliphatic heterocycles. The fraction of sp³-hybridized carbons (Fsp3) is 0.138. The van der Waals surface area contributed by atoms with Gasteiger partial charge >= 0.3 is 5.97 Å². The monoisotopic (exact) mass is 438 g/mol. The van der Waals surface area contributed by atoms with Crippen LogP contribution >= 0.6 is 11.3 Å². The van der Waals surface area contributed by atoms with Crippen LogP contribution < -0.4 is 0 Å². The van der Waals surface area contributed by atoms with Gasteiger partial charge in [-0.25, -0.2) is 4.79 Å². The molecule has 0 saturated carbocycles. The maximum absolute atomic E-state index is 11.9. The van der Waals surface area contributed by atoms with E-state index in [1.54, 1.807) is 11.3 Å². The predicted octanol–water partition coefficient (Wildman–Crippen LogP) is 7.80.